The normalized spacial score (nSPS) is 24.6. The maximum Gasteiger partial charge on any atom is 0.151 e. The number of hydrogen-bond donors (Lipinski definition) is 0. The monoisotopic (exact) mass is 244 g/mol. The van der Waals surface area contributed by atoms with Crippen molar-refractivity contribution < 1.29 is 8.42 Å². The summed E-state index contributed by atoms with van der Waals surface area (Å²) in [5.41, 5.74) is -0.328. The number of hydrogen-bond acceptors (Lipinski definition) is 4. The van der Waals surface area contributed by atoms with E-state index in [1.807, 2.05) is 20.9 Å². The summed E-state index contributed by atoms with van der Waals surface area (Å²) < 4.78 is 22.6. The summed E-state index contributed by atoms with van der Waals surface area (Å²) in [5, 5.41) is 8.89. The average molecular weight is 244 g/mol. The highest BCUT2D eigenvalue weighted by molar-refractivity contribution is 7.91. The molecule has 0 saturated carbocycles. The minimum absolute atomic E-state index is 0.138. The lowest BCUT2D eigenvalue weighted by molar-refractivity contribution is 0.233. The Balaban J connectivity index is 2.43. The molecule has 0 N–H and O–H groups in total. The molecule has 1 unspecified atom stereocenters. The fourth-order valence-electron chi connectivity index (χ4n) is 1.82. The molecule has 16 heavy (non-hydrogen) atoms. The molecule has 1 heterocycles. The lowest BCUT2D eigenvalue weighted by atomic mass is 9.91. The van der Waals surface area contributed by atoms with E-state index in [2.05, 4.69) is 11.0 Å². The Bertz CT molecular complexity index is 381. The summed E-state index contributed by atoms with van der Waals surface area (Å²) in [6.07, 6.45) is 1.50. The van der Waals surface area contributed by atoms with Crippen LogP contribution in [0.2, 0.25) is 0 Å². The first-order valence-corrected chi connectivity index (χ1v) is 7.40. The molecule has 1 atom stereocenters. The maximum atomic E-state index is 11.3. The third-order valence-corrected chi connectivity index (χ3v) is 4.97. The average Bonchev–Trinajstić information content (AvgIpc) is 2.55. The van der Waals surface area contributed by atoms with Crippen LogP contribution in [-0.4, -0.2) is 44.5 Å². The van der Waals surface area contributed by atoms with E-state index < -0.39 is 9.84 Å². The van der Waals surface area contributed by atoms with Crippen LogP contribution in [0, 0.1) is 16.7 Å². The molecular formula is C11H20N2O2S. The van der Waals surface area contributed by atoms with Gasteiger partial charge >= 0.3 is 0 Å². The van der Waals surface area contributed by atoms with E-state index >= 15 is 0 Å². The van der Waals surface area contributed by atoms with Crippen molar-refractivity contribution in [3.05, 3.63) is 0 Å². The largest absolute Gasteiger partial charge is 0.302 e. The van der Waals surface area contributed by atoms with Gasteiger partial charge in [0.25, 0.3) is 0 Å². The van der Waals surface area contributed by atoms with Gasteiger partial charge in [0.15, 0.2) is 9.84 Å². The van der Waals surface area contributed by atoms with E-state index in [0.29, 0.717) is 5.75 Å². The second-order valence-electron chi connectivity index (χ2n) is 5.28. The second-order valence-corrected chi connectivity index (χ2v) is 7.51. The van der Waals surface area contributed by atoms with Gasteiger partial charge in [-0.2, -0.15) is 5.26 Å². The molecule has 1 rings (SSSR count). The molecule has 0 radical (unpaired) electrons. The summed E-state index contributed by atoms with van der Waals surface area (Å²) in [5.74, 6) is 0.583. The molecule has 0 aromatic carbocycles. The van der Waals surface area contributed by atoms with E-state index in [-0.39, 0.29) is 17.2 Å². The van der Waals surface area contributed by atoms with Crippen molar-refractivity contribution in [3.8, 4) is 6.07 Å². The Kier molecular flexibility index (Phi) is 3.97. The van der Waals surface area contributed by atoms with Crippen LogP contribution >= 0.6 is 0 Å². The molecule has 1 fully saturated rings. The molecule has 1 aliphatic heterocycles. The summed E-state index contributed by atoms with van der Waals surface area (Å²) in [4.78, 5) is 2.07. The van der Waals surface area contributed by atoms with E-state index in [1.54, 1.807) is 0 Å². The van der Waals surface area contributed by atoms with Gasteiger partial charge in [0.2, 0.25) is 0 Å². The van der Waals surface area contributed by atoms with Gasteiger partial charge in [-0.05, 0) is 40.3 Å². The van der Waals surface area contributed by atoms with Crippen molar-refractivity contribution >= 4 is 9.84 Å². The molecule has 0 aromatic rings. The van der Waals surface area contributed by atoms with Gasteiger partial charge in [-0.25, -0.2) is 8.42 Å². The van der Waals surface area contributed by atoms with Crippen LogP contribution in [0.1, 0.15) is 26.7 Å². The van der Waals surface area contributed by atoms with E-state index in [0.717, 1.165) is 19.4 Å². The minimum atomic E-state index is -2.81. The second kappa shape index (κ2) is 4.72. The van der Waals surface area contributed by atoms with Gasteiger partial charge in [-0.1, -0.05) is 0 Å². The van der Waals surface area contributed by atoms with Crippen LogP contribution in [0.3, 0.4) is 0 Å². The van der Waals surface area contributed by atoms with E-state index in [4.69, 9.17) is 5.26 Å². The molecule has 0 aromatic heterocycles. The number of rotatable bonds is 4. The van der Waals surface area contributed by atoms with Crippen LogP contribution in [0.4, 0.5) is 0 Å². The smallest absolute Gasteiger partial charge is 0.151 e. The van der Waals surface area contributed by atoms with Gasteiger partial charge < -0.3 is 4.90 Å². The molecule has 5 heteroatoms. The van der Waals surface area contributed by atoms with Gasteiger partial charge in [-0.15, -0.1) is 0 Å². The minimum Gasteiger partial charge on any atom is -0.302 e. The van der Waals surface area contributed by atoms with Crippen molar-refractivity contribution in [3.63, 3.8) is 0 Å². The van der Waals surface area contributed by atoms with Crippen LogP contribution in [0.5, 0.6) is 0 Å². The van der Waals surface area contributed by atoms with E-state index in [9.17, 15) is 8.42 Å². The zero-order chi connectivity index (χ0) is 12.4. The molecule has 0 spiro atoms. The molecule has 0 aliphatic carbocycles. The van der Waals surface area contributed by atoms with Crippen molar-refractivity contribution in [1.29, 1.82) is 5.26 Å². The lowest BCUT2D eigenvalue weighted by Gasteiger charge is -2.26. The quantitative estimate of drug-likeness (QED) is 0.741. The van der Waals surface area contributed by atoms with Gasteiger partial charge in [0.05, 0.1) is 23.0 Å². The highest BCUT2D eigenvalue weighted by Gasteiger charge is 2.31. The third-order valence-electron chi connectivity index (χ3n) is 3.22. The van der Waals surface area contributed by atoms with Crippen molar-refractivity contribution in [2.45, 2.75) is 32.7 Å². The SMILES string of the molecule is CN(CCC(C)(C)C#N)C1CCS(=O)(=O)C1. The van der Waals surface area contributed by atoms with Crippen LogP contribution in [0.15, 0.2) is 0 Å². The Morgan fingerprint density at radius 3 is 2.56 bits per heavy atom. The molecule has 0 bridgehead atoms. The van der Waals surface area contributed by atoms with E-state index in [1.165, 1.54) is 0 Å². The Morgan fingerprint density at radius 2 is 2.12 bits per heavy atom. The molecule has 4 nitrogen and oxygen atoms in total. The Labute approximate surface area is 98.2 Å². The predicted octanol–water partition coefficient (Wildman–Crippen LogP) is 1.05. The Morgan fingerprint density at radius 1 is 1.50 bits per heavy atom. The topological polar surface area (TPSA) is 61.2 Å². The van der Waals surface area contributed by atoms with Gasteiger partial charge in [-0.3, -0.25) is 0 Å². The van der Waals surface area contributed by atoms with Crippen molar-refractivity contribution in [2.24, 2.45) is 5.41 Å². The maximum absolute atomic E-state index is 11.3. The molecule has 1 saturated heterocycles. The zero-order valence-corrected chi connectivity index (χ0v) is 11.0. The molecule has 92 valence electrons. The summed E-state index contributed by atoms with van der Waals surface area (Å²) in [6.45, 7) is 4.60. The lowest BCUT2D eigenvalue weighted by Crippen LogP contribution is -2.35. The first-order chi connectivity index (χ1) is 7.26. The van der Waals surface area contributed by atoms with Gasteiger partial charge in [0, 0.05) is 6.04 Å². The zero-order valence-electron chi connectivity index (χ0n) is 10.2. The third kappa shape index (κ3) is 3.76. The molecule has 1 aliphatic rings. The van der Waals surface area contributed by atoms with Gasteiger partial charge in [0.1, 0.15) is 0 Å². The summed E-state index contributed by atoms with van der Waals surface area (Å²) in [6, 6.07) is 2.40. The summed E-state index contributed by atoms with van der Waals surface area (Å²) >= 11 is 0. The number of nitrogens with zero attached hydrogens (tertiary/aromatic N) is 2. The first kappa shape index (κ1) is 13.5. The van der Waals surface area contributed by atoms with Crippen molar-refractivity contribution in [1.82, 2.24) is 4.90 Å². The highest BCUT2D eigenvalue weighted by atomic mass is 32.2. The first-order valence-electron chi connectivity index (χ1n) is 5.58. The van der Waals surface area contributed by atoms with Crippen LogP contribution in [0.25, 0.3) is 0 Å². The summed E-state index contributed by atoms with van der Waals surface area (Å²) in [7, 11) is -0.863. The molecule has 0 amide bonds. The van der Waals surface area contributed by atoms with Crippen LogP contribution in [-0.2, 0) is 9.84 Å². The standard InChI is InChI=1S/C11H20N2O2S/c1-11(2,9-12)5-6-13(3)10-4-7-16(14,15)8-10/h10H,4-8H2,1-3H3. The number of nitriles is 1. The fourth-order valence-corrected chi connectivity index (χ4v) is 3.62. The van der Waals surface area contributed by atoms with Crippen molar-refractivity contribution in [2.75, 3.05) is 25.1 Å². The van der Waals surface area contributed by atoms with Crippen LogP contribution < -0.4 is 0 Å². The Hall–Kier alpha value is -0.600. The number of sulfone groups is 1. The predicted molar refractivity (Wildman–Crippen MR) is 63.7 cm³/mol. The molecular weight excluding hydrogens is 224 g/mol. The fraction of sp³-hybridized carbons (Fsp3) is 0.909. The highest BCUT2D eigenvalue weighted by Crippen LogP contribution is 2.22.